The predicted molar refractivity (Wildman–Crippen MR) is 137 cm³/mol. The molecule has 10 nitrogen and oxygen atoms in total. The third-order valence-electron chi connectivity index (χ3n) is 5.70. The number of aromatic amines is 1. The number of anilines is 1. The van der Waals surface area contributed by atoms with Gasteiger partial charge in [0.1, 0.15) is 17.0 Å². The Labute approximate surface area is 228 Å². The third kappa shape index (κ3) is 4.78. The number of H-pyrrole nitrogens is 1. The lowest BCUT2D eigenvalue weighted by Crippen LogP contribution is -2.15. The Balaban J connectivity index is 1.54. The van der Waals surface area contributed by atoms with Crippen LogP contribution in [0.15, 0.2) is 59.9 Å². The van der Waals surface area contributed by atoms with Crippen molar-refractivity contribution in [1.29, 1.82) is 0 Å². The minimum absolute atomic E-state index is 0.0966. The second-order valence-electron chi connectivity index (χ2n) is 8.47. The molecule has 204 valence electrons. The average Bonchev–Trinajstić information content (AvgIpc) is 3.53. The molecule has 5 rings (SSSR count). The van der Waals surface area contributed by atoms with Gasteiger partial charge in [-0.1, -0.05) is 11.6 Å². The number of benzene rings is 2. The molecule has 40 heavy (non-hydrogen) atoms. The summed E-state index contributed by atoms with van der Waals surface area (Å²) in [5.41, 5.74) is 3.38. The van der Waals surface area contributed by atoms with E-state index >= 15 is 4.39 Å². The molecule has 2 aromatic carbocycles. The molecule has 5 aromatic rings. The quantitative estimate of drug-likeness (QED) is 0.129. The molecule has 0 atom stereocenters. The van der Waals surface area contributed by atoms with E-state index in [0.29, 0.717) is 6.07 Å². The van der Waals surface area contributed by atoms with Crippen LogP contribution in [0.25, 0.3) is 16.7 Å². The van der Waals surface area contributed by atoms with Gasteiger partial charge < -0.3 is 15.5 Å². The van der Waals surface area contributed by atoms with Gasteiger partial charge in [0, 0.05) is 41.7 Å². The molecule has 0 aliphatic carbocycles. The number of aromatic nitrogens is 4. The first kappa shape index (κ1) is 26.9. The van der Waals surface area contributed by atoms with Gasteiger partial charge in [0.05, 0.1) is 16.4 Å². The van der Waals surface area contributed by atoms with E-state index in [1.165, 1.54) is 30.6 Å². The summed E-state index contributed by atoms with van der Waals surface area (Å²) in [7, 11) is -3.97. The fourth-order valence-electron chi connectivity index (χ4n) is 3.85. The van der Waals surface area contributed by atoms with Crippen LogP contribution in [0.1, 0.15) is 26.4 Å². The van der Waals surface area contributed by atoms with Crippen molar-refractivity contribution >= 4 is 49.9 Å². The second kappa shape index (κ2) is 9.81. The number of nitrogens with one attached hydrogen (secondary N) is 1. The second-order valence-corrected chi connectivity index (χ2v) is 10.9. The van der Waals surface area contributed by atoms with E-state index in [1.807, 2.05) is 0 Å². The molecule has 15 heteroatoms. The van der Waals surface area contributed by atoms with Gasteiger partial charge in [-0.2, -0.15) is 5.10 Å². The first-order chi connectivity index (χ1) is 18.8. The number of pyridine rings is 1. The monoisotopic (exact) mass is 589 g/mol. The Hall–Kier alpha value is -4.69. The van der Waals surface area contributed by atoms with Crippen molar-refractivity contribution in [2.75, 3.05) is 12.0 Å². The number of sulfone groups is 1. The van der Waals surface area contributed by atoms with Crippen LogP contribution in [0.3, 0.4) is 0 Å². The molecular weight excluding hydrogens is 575 g/mol. The van der Waals surface area contributed by atoms with E-state index in [1.54, 1.807) is 0 Å². The number of halogens is 4. The average molecular weight is 590 g/mol. The van der Waals surface area contributed by atoms with Crippen LogP contribution in [0.5, 0.6) is 5.75 Å². The summed E-state index contributed by atoms with van der Waals surface area (Å²) < 4.78 is 74.3. The number of hydrogen-bond donors (Lipinski definition) is 2. The first-order valence-electron chi connectivity index (χ1n) is 11.1. The molecule has 0 amide bonds. The van der Waals surface area contributed by atoms with E-state index in [9.17, 15) is 26.8 Å². The summed E-state index contributed by atoms with van der Waals surface area (Å²) >= 11 is 5.94. The maximum Gasteiger partial charge on any atom is 0.364 e. The normalized spacial score (nSPS) is 11.6. The van der Waals surface area contributed by atoms with Gasteiger partial charge in [0.25, 0.3) is 0 Å². The van der Waals surface area contributed by atoms with Gasteiger partial charge in [-0.25, -0.2) is 36.0 Å². The Morgan fingerprint density at radius 3 is 2.45 bits per heavy atom. The number of nitrogen functional groups attached to an aromatic ring is 1. The molecule has 0 fully saturated rings. The number of carbonyl (C=O) groups is 2. The highest BCUT2D eigenvalue weighted by molar-refractivity contribution is 7.90. The van der Waals surface area contributed by atoms with Crippen molar-refractivity contribution in [3.63, 3.8) is 0 Å². The zero-order valence-electron chi connectivity index (χ0n) is 20.1. The highest BCUT2D eigenvalue weighted by Gasteiger charge is 2.29. The van der Waals surface area contributed by atoms with Gasteiger partial charge in [0.2, 0.25) is 5.78 Å². The molecule has 0 spiro atoms. The highest BCUT2D eigenvalue weighted by atomic mass is 35.5. The van der Waals surface area contributed by atoms with Crippen LogP contribution in [-0.2, 0) is 9.84 Å². The summed E-state index contributed by atoms with van der Waals surface area (Å²) in [4.78, 5) is 32.8. The molecule has 3 heterocycles. The van der Waals surface area contributed by atoms with Gasteiger partial charge >= 0.3 is 5.97 Å². The number of fused-ring (bicyclic) bond motifs is 1. The Morgan fingerprint density at radius 1 is 1.07 bits per heavy atom. The van der Waals surface area contributed by atoms with E-state index in [0.717, 1.165) is 29.1 Å². The van der Waals surface area contributed by atoms with Crippen molar-refractivity contribution < 1.29 is 35.9 Å². The third-order valence-corrected chi connectivity index (χ3v) is 6.96. The standard InChI is InChI=1S/C25H15ClF3N5O5S/c1-40(37,38)19-8-17(33-34(19)13-4-2-12(27)3-5-13)25(36)39-18-7-16(30)21(28)20(22(18)29)23(35)15-10-32-24-14(15)6-11(26)9-31-24/h2-10H,30H2,1H3,(H,31,32). The van der Waals surface area contributed by atoms with Gasteiger partial charge in [0.15, 0.2) is 37.9 Å². The number of hydrogen-bond acceptors (Lipinski definition) is 8. The van der Waals surface area contributed by atoms with Crippen LogP contribution in [0.4, 0.5) is 18.9 Å². The van der Waals surface area contributed by atoms with Crippen molar-refractivity contribution in [2.45, 2.75) is 5.03 Å². The fraction of sp³-hybridized carbons (Fsp3) is 0.0400. The molecule has 3 N–H and O–H groups in total. The van der Waals surface area contributed by atoms with Crippen LogP contribution >= 0.6 is 11.6 Å². The highest BCUT2D eigenvalue weighted by Crippen LogP contribution is 2.32. The lowest BCUT2D eigenvalue weighted by atomic mass is 10.0. The first-order valence-corrected chi connectivity index (χ1v) is 13.3. The molecule has 0 aliphatic heterocycles. The topological polar surface area (TPSA) is 150 Å². The number of nitrogens with zero attached hydrogens (tertiary/aromatic N) is 3. The predicted octanol–water partition coefficient (Wildman–Crippen LogP) is 4.26. The van der Waals surface area contributed by atoms with Crippen molar-refractivity contribution in [1.82, 2.24) is 19.7 Å². The minimum atomic E-state index is -3.97. The van der Waals surface area contributed by atoms with E-state index in [4.69, 9.17) is 22.1 Å². The summed E-state index contributed by atoms with van der Waals surface area (Å²) in [5.74, 6) is -6.95. The molecule has 0 bridgehead atoms. The van der Waals surface area contributed by atoms with Crippen LogP contribution in [0, 0.1) is 17.5 Å². The van der Waals surface area contributed by atoms with Crippen molar-refractivity contribution in [2.24, 2.45) is 0 Å². The summed E-state index contributed by atoms with van der Waals surface area (Å²) in [5, 5.41) is 3.80. The molecule has 0 radical (unpaired) electrons. The van der Waals surface area contributed by atoms with E-state index in [2.05, 4.69) is 15.1 Å². The Kier molecular flexibility index (Phi) is 6.59. The zero-order chi connectivity index (χ0) is 28.9. The number of ether oxygens (including phenoxy) is 1. The fourth-order valence-corrected chi connectivity index (χ4v) is 4.80. The molecule has 0 unspecified atom stereocenters. The lowest BCUT2D eigenvalue weighted by Gasteiger charge is -2.11. The van der Waals surface area contributed by atoms with Crippen LogP contribution < -0.4 is 10.5 Å². The number of carbonyl (C=O) groups excluding carboxylic acids is 2. The maximum atomic E-state index is 15.5. The van der Waals surface area contributed by atoms with Gasteiger partial charge in [-0.05, 0) is 30.3 Å². The van der Waals surface area contributed by atoms with E-state index < -0.39 is 66.8 Å². The summed E-state index contributed by atoms with van der Waals surface area (Å²) in [6.07, 6.45) is 3.34. The largest absolute Gasteiger partial charge is 0.418 e. The number of nitrogens with two attached hydrogens (primary N) is 1. The molecule has 0 aliphatic rings. The SMILES string of the molecule is CS(=O)(=O)c1cc(C(=O)Oc2cc(N)c(F)c(C(=O)c3c[nH]c4ncc(Cl)cc34)c2F)nn1-c1ccc(F)cc1. The smallest absolute Gasteiger partial charge is 0.364 e. The zero-order valence-corrected chi connectivity index (χ0v) is 21.6. The van der Waals surface area contributed by atoms with E-state index in [-0.39, 0.29) is 27.3 Å². The van der Waals surface area contributed by atoms with Gasteiger partial charge in [-0.15, -0.1) is 0 Å². The summed E-state index contributed by atoms with van der Waals surface area (Å²) in [6.45, 7) is 0. The Bertz CT molecular complexity index is 1960. The number of rotatable bonds is 6. The number of esters is 1. The maximum absolute atomic E-state index is 15.5. The number of ketones is 1. The Morgan fingerprint density at radius 2 is 1.77 bits per heavy atom. The summed E-state index contributed by atoms with van der Waals surface area (Å²) in [6, 6.07) is 7.42. The molecule has 0 saturated heterocycles. The molecule has 3 aromatic heterocycles. The minimum Gasteiger partial charge on any atom is -0.418 e. The van der Waals surface area contributed by atoms with Crippen LogP contribution in [-0.4, -0.2) is 46.2 Å². The van der Waals surface area contributed by atoms with Gasteiger partial charge in [-0.3, -0.25) is 4.79 Å². The molecule has 0 saturated carbocycles. The lowest BCUT2D eigenvalue weighted by molar-refractivity contribution is 0.0719. The van der Waals surface area contributed by atoms with Crippen molar-refractivity contribution in [3.05, 3.63) is 94.2 Å². The van der Waals surface area contributed by atoms with Crippen molar-refractivity contribution in [3.8, 4) is 11.4 Å². The molecular formula is C25H15ClF3N5O5S. The van der Waals surface area contributed by atoms with Crippen LogP contribution in [0.2, 0.25) is 5.02 Å².